The molecule has 0 bridgehead atoms. The monoisotopic (exact) mass is 913 g/mol. The van der Waals surface area contributed by atoms with E-state index >= 15 is 0 Å². The van der Waals surface area contributed by atoms with Crippen LogP contribution in [0, 0.1) is 44.7 Å². The van der Waals surface area contributed by atoms with Crippen molar-refractivity contribution in [2.75, 3.05) is 31.1 Å². The van der Waals surface area contributed by atoms with Crippen molar-refractivity contribution in [3.05, 3.63) is 129 Å². The predicted molar refractivity (Wildman–Crippen MR) is 229 cm³/mol. The van der Waals surface area contributed by atoms with E-state index in [2.05, 4.69) is 31.4 Å². The highest BCUT2D eigenvalue weighted by Gasteiger charge is 2.33. The summed E-state index contributed by atoms with van der Waals surface area (Å²) in [7, 11) is 0. The molecular formula is C42H42BrCl2F2N6O6-. The van der Waals surface area contributed by atoms with Crippen LogP contribution < -0.4 is 10.2 Å². The fourth-order valence-corrected chi connectivity index (χ4v) is 7.92. The Morgan fingerprint density at radius 2 is 1.24 bits per heavy atom. The highest BCUT2D eigenvalue weighted by atomic mass is 79.9. The quantitative estimate of drug-likeness (QED) is 0.143. The first-order chi connectivity index (χ1) is 27.2. The van der Waals surface area contributed by atoms with E-state index in [1.807, 2.05) is 0 Å². The summed E-state index contributed by atoms with van der Waals surface area (Å²) in [5, 5.41) is 30.2. The van der Waals surface area contributed by atoms with E-state index in [-0.39, 0.29) is 54.4 Å². The predicted octanol–water partition coefficient (Wildman–Crippen LogP) is 9.09. The van der Waals surface area contributed by atoms with Crippen LogP contribution in [0.2, 0.25) is 10.0 Å². The molecule has 4 heterocycles. The Bertz CT molecular complexity index is 2500. The molecule has 0 amide bonds. The van der Waals surface area contributed by atoms with Crippen LogP contribution in [0.4, 0.5) is 14.6 Å². The van der Waals surface area contributed by atoms with Crippen molar-refractivity contribution in [2.45, 2.75) is 34.1 Å². The van der Waals surface area contributed by atoms with Gasteiger partial charge in [0, 0.05) is 19.6 Å². The molecule has 312 valence electrons. The molecule has 2 aliphatic heterocycles. The molecule has 59 heavy (non-hydrogen) atoms. The summed E-state index contributed by atoms with van der Waals surface area (Å²) in [6.07, 6.45) is 1.23. The highest BCUT2D eigenvalue weighted by Crippen LogP contribution is 2.34. The van der Waals surface area contributed by atoms with E-state index in [0.29, 0.717) is 57.3 Å². The highest BCUT2D eigenvalue weighted by molar-refractivity contribution is 9.10. The van der Waals surface area contributed by atoms with Gasteiger partial charge in [0.25, 0.3) is 11.8 Å². The standard InChI is InChI=1S/C20H17ClFN3O3.C15H9BrClFN2O.C5H9NO2.CH4.CH3/c1-11-4-2-5-13(21)16(11)19(26)25-15-7-3-6-14(22)17(15)18(23-25)24-9-8-12(10-24)20(27)28;1-8-4-2-5-9(17)12(8)15(21)20-11-7-3-6-10(18)13(11)14(16)19-20;7-5(8)4-1-2-6-3-4;;/h2-7,12H,8-10H2,1H3,(H,27,28);2-7H,1H3;4,6H,1-3H2,(H,7,8);1H4;1H3/q;;;;-1. The zero-order valence-electron chi connectivity index (χ0n) is 31.5. The maximum Gasteiger partial charge on any atom is 0.308 e. The second kappa shape index (κ2) is 19.7. The van der Waals surface area contributed by atoms with Crippen molar-refractivity contribution in [1.29, 1.82) is 0 Å². The molecule has 0 radical (unpaired) electrons. The lowest BCUT2D eigenvalue weighted by molar-refractivity contribution is -0.141. The Balaban J connectivity index is 0.000000219. The maximum absolute atomic E-state index is 14.7. The number of benzene rings is 4. The third-order valence-electron chi connectivity index (χ3n) is 9.75. The van der Waals surface area contributed by atoms with Crippen molar-refractivity contribution in [2.24, 2.45) is 11.8 Å². The van der Waals surface area contributed by atoms with E-state index in [1.165, 1.54) is 24.3 Å². The first-order valence-electron chi connectivity index (χ1n) is 17.7. The van der Waals surface area contributed by atoms with Crippen LogP contribution in [-0.4, -0.2) is 79.7 Å². The summed E-state index contributed by atoms with van der Waals surface area (Å²) in [6.45, 7) is 5.71. The molecule has 2 aliphatic rings. The third kappa shape index (κ3) is 9.65. The molecular weight excluding hydrogens is 873 g/mol. The third-order valence-corrected chi connectivity index (χ3v) is 10.9. The zero-order chi connectivity index (χ0) is 41.1. The molecule has 2 fully saturated rings. The topological polar surface area (TPSA) is 160 Å². The van der Waals surface area contributed by atoms with Gasteiger partial charge < -0.3 is 27.9 Å². The minimum Gasteiger partial charge on any atom is -0.481 e. The molecule has 2 aromatic heterocycles. The van der Waals surface area contributed by atoms with E-state index in [9.17, 15) is 33.1 Å². The maximum atomic E-state index is 14.7. The summed E-state index contributed by atoms with van der Waals surface area (Å²) in [5.74, 6) is -3.77. The van der Waals surface area contributed by atoms with Gasteiger partial charge in [0.05, 0.1) is 54.8 Å². The normalized spacial score (nSPS) is 15.7. The average molecular weight is 916 g/mol. The number of carbonyl (C=O) groups is 4. The molecule has 0 spiro atoms. The SMILES string of the molecule is C.Cc1cccc(Cl)c1C(=O)n1nc(Br)c2c(F)cccc21.Cc1cccc(Cl)c1C(=O)n1nc(N2CCC(C(=O)O)C2)c2c(F)cccc21.O=C(O)C1CCNC1.[CH3-]. The zero-order valence-corrected chi connectivity index (χ0v) is 34.6. The van der Waals surface area contributed by atoms with Crippen LogP contribution in [-0.2, 0) is 9.59 Å². The van der Waals surface area contributed by atoms with Gasteiger partial charge in [-0.3, -0.25) is 19.2 Å². The van der Waals surface area contributed by atoms with Gasteiger partial charge in [-0.15, -0.1) is 5.10 Å². The number of anilines is 1. The van der Waals surface area contributed by atoms with Crippen LogP contribution in [0.25, 0.3) is 21.8 Å². The summed E-state index contributed by atoms with van der Waals surface area (Å²) >= 11 is 15.5. The number of carboxylic acids is 2. The van der Waals surface area contributed by atoms with Gasteiger partial charge in [0.15, 0.2) is 5.82 Å². The minimum absolute atomic E-state index is 0. The van der Waals surface area contributed by atoms with Crippen LogP contribution in [0.15, 0.2) is 77.4 Å². The van der Waals surface area contributed by atoms with E-state index in [4.69, 9.17) is 28.3 Å². The Labute approximate surface area is 357 Å². The van der Waals surface area contributed by atoms with Gasteiger partial charge in [-0.2, -0.15) is 14.5 Å². The number of carbonyl (C=O) groups excluding carboxylic acids is 2. The molecule has 4 aromatic carbocycles. The van der Waals surface area contributed by atoms with Crippen molar-refractivity contribution >= 4 is 90.5 Å². The number of carboxylic acid groups (broad SMARTS) is 2. The molecule has 3 N–H and O–H groups in total. The van der Waals surface area contributed by atoms with E-state index in [1.54, 1.807) is 67.3 Å². The van der Waals surface area contributed by atoms with Crippen LogP contribution >= 0.6 is 39.1 Å². The number of rotatable bonds is 5. The first kappa shape index (κ1) is 46.5. The lowest BCUT2D eigenvalue weighted by atomic mass is 10.1. The summed E-state index contributed by atoms with van der Waals surface area (Å²) < 4.78 is 31.1. The smallest absolute Gasteiger partial charge is 0.308 e. The van der Waals surface area contributed by atoms with Crippen LogP contribution in [0.5, 0.6) is 0 Å². The number of hydrogen-bond donors (Lipinski definition) is 3. The largest absolute Gasteiger partial charge is 0.481 e. The molecule has 2 atom stereocenters. The minimum atomic E-state index is -0.894. The number of fused-ring (bicyclic) bond motifs is 2. The number of aromatic nitrogens is 4. The van der Waals surface area contributed by atoms with Gasteiger partial charge in [0.2, 0.25) is 0 Å². The summed E-state index contributed by atoms with van der Waals surface area (Å²) in [6, 6.07) is 19.3. The number of halogens is 5. The number of aliphatic carboxylic acids is 2. The number of nitrogens with one attached hydrogen (secondary N) is 1. The Morgan fingerprint density at radius 3 is 1.69 bits per heavy atom. The number of hydrogen-bond acceptors (Lipinski definition) is 8. The molecule has 2 saturated heterocycles. The van der Waals surface area contributed by atoms with Crippen LogP contribution in [0.1, 0.15) is 52.1 Å². The van der Waals surface area contributed by atoms with E-state index in [0.717, 1.165) is 27.9 Å². The lowest BCUT2D eigenvalue weighted by Crippen LogP contribution is -2.24. The molecule has 17 heteroatoms. The Morgan fingerprint density at radius 1 is 0.746 bits per heavy atom. The fourth-order valence-electron chi connectivity index (χ4n) is 6.76. The van der Waals surface area contributed by atoms with Gasteiger partial charge in [0.1, 0.15) is 16.2 Å². The second-order valence-corrected chi connectivity index (χ2v) is 15.0. The molecule has 2 unspecified atom stereocenters. The molecule has 0 saturated carbocycles. The number of aryl methyl sites for hydroxylation is 2. The van der Waals surface area contributed by atoms with Crippen molar-refractivity contribution in [1.82, 2.24) is 24.9 Å². The van der Waals surface area contributed by atoms with Gasteiger partial charge in [-0.1, -0.05) is 67.0 Å². The summed E-state index contributed by atoms with van der Waals surface area (Å²) in [5.41, 5.74) is 2.80. The summed E-state index contributed by atoms with van der Waals surface area (Å²) in [4.78, 5) is 49.1. The van der Waals surface area contributed by atoms with Gasteiger partial charge in [-0.05, 0) is 96.7 Å². The first-order valence-corrected chi connectivity index (χ1v) is 19.2. The fraction of sp³-hybridized carbons (Fsp3) is 0.262. The Kier molecular flexibility index (Phi) is 15.5. The lowest BCUT2D eigenvalue weighted by Gasteiger charge is -2.15. The van der Waals surface area contributed by atoms with Crippen molar-refractivity contribution in [3.63, 3.8) is 0 Å². The second-order valence-electron chi connectivity index (χ2n) is 13.5. The van der Waals surface area contributed by atoms with Gasteiger partial charge >= 0.3 is 11.9 Å². The molecule has 6 aromatic rings. The average Bonchev–Trinajstić information content (AvgIpc) is 3.99. The Hall–Kier alpha value is -5.22. The molecule has 12 nitrogen and oxygen atoms in total. The van der Waals surface area contributed by atoms with E-state index < -0.39 is 35.4 Å². The number of nitrogens with zero attached hydrogens (tertiary/aromatic N) is 5. The van der Waals surface area contributed by atoms with Crippen molar-refractivity contribution in [3.8, 4) is 0 Å². The van der Waals surface area contributed by atoms with Crippen molar-refractivity contribution < 1.29 is 38.2 Å². The van der Waals surface area contributed by atoms with Gasteiger partial charge in [-0.25, -0.2) is 8.78 Å². The molecule has 8 rings (SSSR count). The molecule has 0 aliphatic carbocycles. The van der Waals surface area contributed by atoms with Crippen LogP contribution in [0.3, 0.4) is 0 Å².